The van der Waals surface area contributed by atoms with Crippen molar-refractivity contribution in [3.05, 3.63) is 7.05 Å². The van der Waals surface area contributed by atoms with E-state index in [0.717, 1.165) is 29.7 Å². The standard InChI is InChI=1S/C11H18N/c1-12-11-9-3-7-2-8(5-9)6-10(11)4-7/h7-12H,1-6H2. The lowest BCUT2D eigenvalue weighted by molar-refractivity contribution is -0.00919. The lowest BCUT2D eigenvalue weighted by atomic mass is 9.54. The molecule has 0 saturated heterocycles. The molecule has 1 heteroatoms. The number of rotatable bonds is 1. The van der Waals surface area contributed by atoms with E-state index in [4.69, 9.17) is 0 Å². The Morgan fingerprint density at radius 3 is 1.75 bits per heavy atom. The quantitative estimate of drug-likeness (QED) is 0.626. The molecule has 0 atom stereocenters. The summed E-state index contributed by atoms with van der Waals surface area (Å²) in [5, 5.41) is 3.30. The highest BCUT2D eigenvalue weighted by Crippen LogP contribution is 2.53. The minimum absolute atomic E-state index is 0.776. The van der Waals surface area contributed by atoms with Gasteiger partial charge in [-0.25, -0.2) is 0 Å². The maximum Gasteiger partial charge on any atom is 0.0124 e. The zero-order chi connectivity index (χ0) is 8.13. The van der Waals surface area contributed by atoms with Gasteiger partial charge in [-0.05, 0) is 55.8 Å². The predicted octanol–water partition coefficient (Wildman–Crippen LogP) is 2.19. The normalized spacial score (nSPS) is 56.2. The zero-order valence-electron chi connectivity index (χ0n) is 7.63. The Hall–Kier alpha value is -0.0400. The summed E-state index contributed by atoms with van der Waals surface area (Å²) < 4.78 is 0. The van der Waals surface area contributed by atoms with Gasteiger partial charge in [0.05, 0.1) is 0 Å². The summed E-state index contributed by atoms with van der Waals surface area (Å²) in [5.74, 6) is 4.16. The van der Waals surface area contributed by atoms with Gasteiger partial charge in [0, 0.05) is 13.1 Å². The van der Waals surface area contributed by atoms with Gasteiger partial charge in [-0.2, -0.15) is 0 Å². The third-order valence-electron chi connectivity index (χ3n) is 4.46. The van der Waals surface area contributed by atoms with E-state index in [1.54, 1.807) is 6.42 Å². The molecule has 0 amide bonds. The van der Waals surface area contributed by atoms with Gasteiger partial charge in [0.25, 0.3) is 0 Å². The minimum Gasteiger partial charge on any atom is -0.312 e. The Morgan fingerprint density at radius 1 is 0.833 bits per heavy atom. The topological polar surface area (TPSA) is 12.0 Å². The summed E-state index contributed by atoms with van der Waals surface area (Å²) in [4.78, 5) is 0. The molecule has 4 aliphatic carbocycles. The van der Waals surface area contributed by atoms with E-state index in [2.05, 4.69) is 12.4 Å². The van der Waals surface area contributed by atoms with Crippen molar-refractivity contribution in [2.45, 2.75) is 38.1 Å². The summed E-state index contributed by atoms with van der Waals surface area (Å²) in [5.41, 5.74) is 0. The maximum atomic E-state index is 3.88. The van der Waals surface area contributed by atoms with Crippen molar-refractivity contribution < 1.29 is 0 Å². The van der Waals surface area contributed by atoms with Crippen molar-refractivity contribution in [2.24, 2.45) is 23.7 Å². The smallest absolute Gasteiger partial charge is 0.0124 e. The van der Waals surface area contributed by atoms with Crippen LogP contribution in [0, 0.1) is 30.7 Å². The molecule has 4 aliphatic rings. The number of hydrogen-bond donors (Lipinski definition) is 1. The molecule has 67 valence electrons. The molecule has 4 bridgehead atoms. The predicted molar refractivity (Wildman–Crippen MR) is 49.3 cm³/mol. The molecule has 4 saturated carbocycles. The molecule has 0 aromatic heterocycles. The van der Waals surface area contributed by atoms with Crippen LogP contribution in [0.4, 0.5) is 0 Å². The molecule has 1 radical (unpaired) electrons. The maximum absolute atomic E-state index is 3.88. The average molecular weight is 164 g/mol. The number of hydrogen-bond acceptors (Lipinski definition) is 1. The molecule has 4 rings (SSSR count). The van der Waals surface area contributed by atoms with Crippen LogP contribution < -0.4 is 5.32 Å². The van der Waals surface area contributed by atoms with Gasteiger partial charge in [0.1, 0.15) is 0 Å². The van der Waals surface area contributed by atoms with E-state index in [1.165, 1.54) is 25.7 Å². The Balaban J connectivity index is 1.86. The first-order valence-corrected chi connectivity index (χ1v) is 5.39. The fourth-order valence-electron chi connectivity index (χ4n) is 4.26. The van der Waals surface area contributed by atoms with Crippen molar-refractivity contribution in [1.29, 1.82) is 0 Å². The summed E-state index contributed by atoms with van der Waals surface area (Å²) in [7, 11) is 3.88. The Morgan fingerprint density at radius 2 is 1.33 bits per heavy atom. The van der Waals surface area contributed by atoms with Crippen molar-refractivity contribution in [3.63, 3.8) is 0 Å². The van der Waals surface area contributed by atoms with Gasteiger partial charge >= 0.3 is 0 Å². The molecule has 12 heavy (non-hydrogen) atoms. The van der Waals surface area contributed by atoms with Crippen LogP contribution in [0.25, 0.3) is 0 Å². The first kappa shape index (κ1) is 7.37. The molecule has 0 heterocycles. The van der Waals surface area contributed by atoms with Crippen LogP contribution in [0.15, 0.2) is 0 Å². The van der Waals surface area contributed by atoms with Crippen LogP contribution in [0.2, 0.25) is 0 Å². The van der Waals surface area contributed by atoms with Crippen molar-refractivity contribution in [1.82, 2.24) is 5.32 Å². The highest BCUT2D eigenvalue weighted by Gasteiger charge is 2.47. The molecule has 0 unspecified atom stereocenters. The van der Waals surface area contributed by atoms with E-state index in [9.17, 15) is 0 Å². The van der Waals surface area contributed by atoms with E-state index in [-0.39, 0.29) is 0 Å². The number of nitrogens with one attached hydrogen (secondary N) is 1. The third-order valence-corrected chi connectivity index (χ3v) is 4.46. The fraction of sp³-hybridized carbons (Fsp3) is 0.909. The minimum atomic E-state index is 0.776. The lowest BCUT2D eigenvalue weighted by Gasteiger charge is -2.54. The molecule has 0 aliphatic heterocycles. The van der Waals surface area contributed by atoms with E-state index < -0.39 is 0 Å². The van der Waals surface area contributed by atoms with Gasteiger partial charge in [-0.15, -0.1) is 0 Å². The largest absolute Gasteiger partial charge is 0.312 e. The van der Waals surface area contributed by atoms with Crippen LogP contribution in [-0.4, -0.2) is 6.04 Å². The van der Waals surface area contributed by atoms with Gasteiger partial charge in [-0.1, -0.05) is 0 Å². The fourth-order valence-corrected chi connectivity index (χ4v) is 4.26. The molecular weight excluding hydrogens is 146 g/mol. The first-order chi connectivity index (χ1) is 5.86. The molecule has 4 fully saturated rings. The SMILES string of the molecule is [CH2]NC1C2CC3CC(C2)CC1C3. The van der Waals surface area contributed by atoms with Crippen molar-refractivity contribution in [3.8, 4) is 0 Å². The summed E-state index contributed by atoms with van der Waals surface area (Å²) in [6, 6.07) is 0.776. The van der Waals surface area contributed by atoms with E-state index >= 15 is 0 Å². The van der Waals surface area contributed by atoms with E-state index in [0.29, 0.717) is 0 Å². The van der Waals surface area contributed by atoms with Crippen molar-refractivity contribution >= 4 is 0 Å². The second-order valence-electron chi connectivity index (χ2n) is 5.16. The van der Waals surface area contributed by atoms with E-state index in [1.807, 2.05) is 0 Å². The summed E-state index contributed by atoms with van der Waals surface area (Å²) >= 11 is 0. The Bertz CT molecular complexity index is 159. The van der Waals surface area contributed by atoms with Gasteiger partial charge in [0.2, 0.25) is 0 Å². The molecule has 0 spiro atoms. The second-order valence-corrected chi connectivity index (χ2v) is 5.16. The molecule has 0 aromatic carbocycles. The Kier molecular flexibility index (Phi) is 1.52. The summed E-state index contributed by atoms with van der Waals surface area (Å²) in [6.07, 6.45) is 7.55. The molecule has 0 aromatic rings. The monoisotopic (exact) mass is 164 g/mol. The highest BCUT2D eigenvalue weighted by atomic mass is 14.9. The average Bonchev–Trinajstić information content (AvgIpc) is 2.02. The highest BCUT2D eigenvalue weighted by molar-refractivity contribution is 5.01. The van der Waals surface area contributed by atoms with Gasteiger partial charge in [-0.3, -0.25) is 0 Å². The zero-order valence-corrected chi connectivity index (χ0v) is 7.63. The van der Waals surface area contributed by atoms with Crippen LogP contribution in [0.3, 0.4) is 0 Å². The molecular formula is C11H18N. The van der Waals surface area contributed by atoms with Crippen LogP contribution in [0.5, 0.6) is 0 Å². The van der Waals surface area contributed by atoms with Crippen LogP contribution >= 0.6 is 0 Å². The van der Waals surface area contributed by atoms with Gasteiger partial charge in [0.15, 0.2) is 0 Å². The lowest BCUT2D eigenvalue weighted by Crippen LogP contribution is -2.52. The van der Waals surface area contributed by atoms with Gasteiger partial charge < -0.3 is 5.32 Å². The molecule has 1 N–H and O–H groups in total. The Labute approximate surface area is 74.9 Å². The molecule has 1 nitrogen and oxygen atoms in total. The second kappa shape index (κ2) is 2.47. The third kappa shape index (κ3) is 0.891. The van der Waals surface area contributed by atoms with Crippen LogP contribution in [0.1, 0.15) is 32.1 Å². The van der Waals surface area contributed by atoms with Crippen molar-refractivity contribution in [2.75, 3.05) is 0 Å². The summed E-state index contributed by atoms with van der Waals surface area (Å²) in [6.45, 7) is 0. The first-order valence-electron chi connectivity index (χ1n) is 5.39. The van der Waals surface area contributed by atoms with Crippen LogP contribution in [-0.2, 0) is 0 Å².